The summed E-state index contributed by atoms with van der Waals surface area (Å²) in [6.07, 6.45) is 8.59. The minimum atomic E-state index is -0.862. The fourth-order valence-electron chi connectivity index (χ4n) is 3.50. The van der Waals surface area contributed by atoms with Gasteiger partial charge in [-0.1, -0.05) is 19.3 Å². The zero-order valence-electron chi connectivity index (χ0n) is 12.2. The number of aromatic carboxylic acids is 1. The first kappa shape index (κ1) is 14.9. The van der Waals surface area contributed by atoms with E-state index in [1.54, 1.807) is 12.1 Å². The first-order chi connectivity index (χ1) is 10.2. The molecule has 0 bridgehead atoms. The molecule has 1 aromatic rings. The Morgan fingerprint density at radius 3 is 2.57 bits per heavy atom. The fourth-order valence-corrected chi connectivity index (χ4v) is 4.78. The first-order valence-electron chi connectivity index (χ1n) is 7.81. The van der Waals surface area contributed by atoms with Crippen molar-refractivity contribution in [2.24, 2.45) is 0 Å². The molecule has 0 amide bonds. The molecule has 1 aliphatic heterocycles. The Kier molecular flexibility index (Phi) is 4.55. The minimum absolute atomic E-state index is 0.134. The molecule has 1 saturated carbocycles. The van der Waals surface area contributed by atoms with Crippen LogP contribution in [0.1, 0.15) is 55.3 Å². The molecule has 1 aliphatic carbocycles. The highest BCUT2D eigenvalue weighted by Crippen LogP contribution is 2.43. The maximum atomic E-state index is 10.9. The van der Waals surface area contributed by atoms with Crippen molar-refractivity contribution in [1.82, 2.24) is 0 Å². The Labute approximate surface area is 130 Å². The minimum Gasteiger partial charge on any atom is -0.478 e. The summed E-state index contributed by atoms with van der Waals surface area (Å²) in [5.41, 5.74) is 0.491. The molecule has 2 fully saturated rings. The van der Waals surface area contributed by atoms with Crippen molar-refractivity contribution < 1.29 is 14.6 Å². The monoisotopic (exact) mass is 306 g/mol. The van der Waals surface area contributed by atoms with E-state index in [-0.39, 0.29) is 5.60 Å². The molecule has 1 atom stereocenters. The lowest BCUT2D eigenvalue weighted by molar-refractivity contribution is -0.0970. The number of hydrogen-bond donors (Lipinski definition) is 1. The molecule has 2 aliphatic rings. The van der Waals surface area contributed by atoms with E-state index < -0.39 is 5.97 Å². The lowest BCUT2D eigenvalue weighted by atomic mass is 9.80. The van der Waals surface area contributed by atoms with E-state index in [0.717, 1.165) is 24.3 Å². The van der Waals surface area contributed by atoms with Gasteiger partial charge in [0.2, 0.25) is 0 Å². The summed E-state index contributed by atoms with van der Waals surface area (Å²) in [5.74, 6) is -0.862. The lowest BCUT2D eigenvalue weighted by Crippen LogP contribution is -2.42. The number of benzene rings is 1. The van der Waals surface area contributed by atoms with Gasteiger partial charge >= 0.3 is 5.97 Å². The van der Waals surface area contributed by atoms with Gasteiger partial charge in [-0.25, -0.2) is 4.79 Å². The SMILES string of the molecule is O=C(O)c1ccc(SC2CCOC3(CCCCC3)C2)cc1. The second kappa shape index (κ2) is 6.41. The highest BCUT2D eigenvalue weighted by Gasteiger charge is 2.38. The number of hydrogen-bond acceptors (Lipinski definition) is 3. The van der Waals surface area contributed by atoms with Crippen LogP contribution in [0.2, 0.25) is 0 Å². The van der Waals surface area contributed by atoms with E-state index >= 15 is 0 Å². The van der Waals surface area contributed by atoms with Gasteiger partial charge in [-0.3, -0.25) is 0 Å². The maximum Gasteiger partial charge on any atom is 0.335 e. The molecule has 1 N–H and O–H groups in total. The summed E-state index contributed by atoms with van der Waals surface area (Å²) in [4.78, 5) is 12.0. The van der Waals surface area contributed by atoms with Crippen LogP contribution in [0.3, 0.4) is 0 Å². The van der Waals surface area contributed by atoms with Crippen LogP contribution >= 0.6 is 11.8 Å². The molecule has 4 heteroatoms. The molecule has 3 nitrogen and oxygen atoms in total. The summed E-state index contributed by atoms with van der Waals surface area (Å²) < 4.78 is 6.13. The average molecular weight is 306 g/mol. The largest absolute Gasteiger partial charge is 0.478 e. The smallest absolute Gasteiger partial charge is 0.335 e. The van der Waals surface area contributed by atoms with Crippen molar-refractivity contribution in [3.8, 4) is 0 Å². The standard InChI is InChI=1S/C17H22O3S/c18-16(19)13-4-6-14(7-5-13)21-15-8-11-20-17(12-15)9-2-1-3-10-17/h4-7,15H,1-3,8-12H2,(H,18,19). The van der Waals surface area contributed by atoms with Gasteiger partial charge in [0.15, 0.2) is 0 Å². The van der Waals surface area contributed by atoms with Crippen LogP contribution in [0.25, 0.3) is 0 Å². The molecule has 0 aromatic heterocycles. The van der Waals surface area contributed by atoms with Gasteiger partial charge in [0.1, 0.15) is 0 Å². The first-order valence-corrected chi connectivity index (χ1v) is 8.69. The van der Waals surface area contributed by atoms with E-state index in [0.29, 0.717) is 10.8 Å². The summed E-state index contributed by atoms with van der Waals surface area (Å²) in [5, 5.41) is 9.53. The summed E-state index contributed by atoms with van der Waals surface area (Å²) in [6, 6.07) is 7.25. The molecule has 1 unspecified atom stereocenters. The average Bonchev–Trinajstić information content (AvgIpc) is 2.49. The molecule has 0 radical (unpaired) electrons. The predicted octanol–water partition coefficient (Wildman–Crippen LogP) is 4.36. The molecular weight excluding hydrogens is 284 g/mol. The van der Waals surface area contributed by atoms with Gasteiger partial charge < -0.3 is 9.84 Å². The predicted molar refractivity (Wildman–Crippen MR) is 84.0 cm³/mol. The lowest BCUT2D eigenvalue weighted by Gasteiger charge is -2.43. The van der Waals surface area contributed by atoms with Crippen LogP contribution in [0.15, 0.2) is 29.2 Å². The van der Waals surface area contributed by atoms with Gasteiger partial charge in [0.25, 0.3) is 0 Å². The quantitative estimate of drug-likeness (QED) is 0.901. The molecule has 114 valence electrons. The molecular formula is C17H22O3S. The van der Waals surface area contributed by atoms with Crippen LogP contribution in [-0.4, -0.2) is 28.5 Å². The fraction of sp³-hybridized carbons (Fsp3) is 0.588. The van der Waals surface area contributed by atoms with Gasteiger partial charge in [-0.05, 0) is 49.9 Å². The Hall–Kier alpha value is -1.00. The van der Waals surface area contributed by atoms with Crippen LogP contribution in [0.4, 0.5) is 0 Å². The zero-order chi connectivity index (χ0) is 14.7. The third-order valence-electron chi connectivity index (χ3n) is 4.62. The number of rotatable bonds is 3. The van der Waals surface area contributed by atoms with Crippen molar-refractivity contribution in [2.45, 2.75) is 60.7 Å². The van der Waals surface area contributed by atoms with Crippen LogP contribution in [0, 0.1) is 0 Å². The molecule has 3 rings (SSSR count). The Morgan fingerprint density at radius 2 is 1.90 bits per heavy atom. The van der Waals surface area contributed by atoms with Crippen molar-refractivity contribution >= 4 is 17.7 Å². The number of ether oxygens (including phenoxy) is 1. The number of carboxylic acid groups (broad SMARTS) is 1. The van der Waals surface area contributed by atoms with E-state index in [9.17, 15) is 4.79 Å². The Morgan fingerprint density at radius 1 is 1.19 bits per heavy atom. The van der Waals surface area contributed by atoms with Crippen molar-refractivity contribution in [1.29, 1.82) is 0 Å². The highest BCUT2D eigenvalue weighted by atomic mass is 32.2. The van der Waals surface area contributed by atoms with Crippen LogP contribution in [-0.2, 0) is 4.74 Å². The topological polar surface area (TPSA) is 46.5 Å². The number of carboxylic acids is 1. The van der Waals surface area contributed by atoms with Gasteiger partial charge in [-0.2, -0.15) is 0 Å². The number of thioether (sulfide) groups is 1. The zero-order valence-corrected chi connectivity index (χ0v) is 13.0. The highest BCUT2D eigenvalue weighted by molar-refractivity contribution is 8.00. The molecule has 1 saturated heterocycles. The molecule has 1 spiro atoms. The summed E-state index contributed by atoms with van der Waals surface area (Å²) in [7, 11) is 0. The molecule has 1 aromatic carbocycles. The van der Waals surface area contributed by atoms with Crippen LogP contribution < -0.4 is 0 Å². The second-order valence-corrected chi connectivity index (χ2v) is 7.53. The van der Waals surface area contributed by atoms with E-state index in [2.05, 4.69) is 0 Å². The van der Waals surface area contributed by atoms with Gasteiger partial charge in [0, 0.05) is 16.8 Å². The second-order valence-electron chi connectivity index (χ2n) is 6.15. The molecule has 1 heterocycles. The number of carbonyl (C=O) groups is 1. The summed E-state index contributed by atoms with van der Waals surface area (Å²) >= 11 is 1.88. The van der Waals surface area contributed by atoms with E-state index in [4.69, 9.17) is 9.84 Å². The van der Waals surface area contributed by atoms with Crippen molar-refractivity contribution in [2.75, 3.05) is 6.61 Å². The van der Waals surface area contributed by atoms with E-state index in [1.807, 2.05) is 23.9 Å². The third-order valence-corrected chi connectivity index (χ3v) is 5.90. The van der Waals surface area contributed by atoms with Gasteiger partial charge in [0.05, 0.1) is 11.2 Å². The third kappa shape index (κ3) is 3.61. The Bertz CT molecular complexity index is 486. The normalized spacial score (nSPS) is 24.9. The summed E-state index contributed by atoms with van der Waals surface area (Å²) in [6.45, 7) is 0.866. The van der Waals surface area contributed by atoms with Crippen molar-refractivity contribution in [3.05, 3.63) is 29.8 Å². The maximum absolute atomic E-state index is 10.9. The molecule has 21 heavy (non-hydrogen) atoms. The van der Waals surface area contributed by atoms with Crippen molar-refractivity contribution in [3.63, 3.8) is 0 Å². The van der Waals surface area contributed by atoms with Crippen LogP contribution in [0.5, 0.6) is 0 Å². The van der Waals surface area contributed by atoms with Gasteiger partial charge in [-0.15, -0.1) is 11.8 Å². The van der Waals surface area contributed by atoms with E-state index in [1.165, 1.54) is 32.1 Å². The Balaban J connectivity index is 1.62.